The molecule has 0 spiro atoms. The molecular formula is C57H92O27S. The maximum Gasteiger partial charge on any atom is 0.397 e. The number of Topliss-reactive ketones (excluding diaryl/α,β-unsaturated/α-hetero) is 1. The van der Waals surface area contributed by atoms with Gasteiger partial charge in [-0.15, -0.1) is 0 Å². The molecule has 33 atom stereocenters. The predicted molar refractivity (Wildman–Crippen MR) is 289 cm³/mol. The van der Waals surface area contributed by atoms with Crippen molar-refractivity contribution in [3.8, 4) is 0 Å². The summed E-state index contributed by atoms with van der Waals surface area (Å²) in [7, 11) is -3.63. The van der Waals surface area contributed by atoms with Crippen LogP contribution in [0.25, 0.3) is 0 Å². The predicted octanol–water partition coefficient (Wildman–Crippen LogP) is -1.07. The second-order valence-electron chi connectivity index (χ2n) is 26.2. The Morgan fingerprint density at radius 1 is 0.635 bits per heavy atom. The van der Waals surface area contributed by atoms with E-state index in [4.69, 9.17) is 56.3 Å². The van der Waals surface area contributed by atoms with Crippen LogP contribution in [0.2, 0.25) is 0 Å². The highest BCUT2D eigenvalue weighted by Gasteiger charge is 2.64. The first-order valence-electron chi connectivity index (χ1n) is 29.8. The van der Waals surface area contributed by atoms with Crippen LogP contribution >= 0.6 is 0 Å². The van der Waals surface area contributed by atoms with Gasteiger partial charge in [-0.1, -0.05) is 37.1 Å². The van der Waals surface area contributed by atoms with E-state index in [-0.39, 0.29) is 36.9 Å². The highest BCUT2D eigenvalue weighted by atomic mass is 32.3. The minimum absolute atomic E-state index is 0.0450. The van der Waals surface area contributed by atoms with Crippen molar-refractivity contribution in [3.05, 3.63) is 23.3 Å². The number of ketones is 1. The number of hydrogen-bond donors (Lipinski definition) is 12. The van der Waals surface area contributed by atoms with Gasteiger partial charge in [0, 0.05) is 19.4 Å². The summed E-state index contributed by atoms with van der Waals surface area (Å²) < 4.78 is 107. The van der Waals surface area contributed by atoms with E-state index in [9.17, 15) is 73.9 Å². The molecule has 0 aromatic rings. The molecule has 5 heterocycles. The number of hydrogen-bond acceptors (Lipinski definition) is 26. The van der Waals surface area contributed by atoms with Gasteiger partial charge in [0.15, 0.2) is 37.2 Å². The summed E-state index contributed by atoms with van der Waals surface area (Å²) in [6.07, 6.45) is -32.4. The minimum atomic E-state index is -4.88. The molecule has 9 aliphatic rings. The monoisotopic (exact) mass is 1240 g/mol. The van der Waals surface area contributed by atoms with Gasteiger partial charge < -0.3 is 108 Å². The SMILES string of the molecule is CO[C@@H]1C(O)[C@H](OC2C(OC3C(O)C(OC4CC5C(=CC[C@@]6(C)C5CC[C@@H]6[C@@](C)(O)C(=O)CC=C(C)C)[C@@]5(C)CCC(OS(=O)(=O)O)CC45)OC(C)[C@H]3O)OC[C@@H](O[C@@H]3OC(C)[C@@H](O)[C@H](O)C3O[C@@H]3OC(C)[C@H](O)C(O)[C@@H]3O)C2O)OC(C)[C@H]1O. The topological polar surface area (TPSA) is 405 Å². The van der Waals surface area contributed by atoms with Gasteiger partial charge in [-0.2, -0.15) is 8.42 Å². The number of methoxy groups -OCH3 is 1. The Morgan fingerprint density at radius 2 is 1.16 bits per heavy atom. The first-order valence-corrected chi connectivity index (χ1v) is 31.2. The second-order valence-corrected chi connectivity index (χ2v) is 27.3. The molecule has 3 saturated carbocycles. The Kier molecular flexibility index (Phi) is 20.7. The number of aliphatic hydroxyl groups excluding tert-OH is 10. The number of rotatable bonds is 17. The van der Waals surface area contributed by atoms with Crippen LogP contribution in [-0.4, -0.2) is 254 Å². The highest BCUT2D eigenvalue weighted by Crippen LogP contribution is 2.67. The molecule has 4 aliphatic carbocycles. The maximum atomic E-state index is 13.8. The quantitative estimate of drug-likeness (QED) is 0.0609. The van der Waals surface area contributed by atoms with E-state index < -0.39 is 205 Å². The fourth-order valence-electron chi connectivity index (χ4n) is 15.5. The fourth-order valence-corrected chi connectivity index (χ4v) is 16.0. The number of ether oxygens (including phenoxy) is 11. The number of aliphatic hydroxyl groups is 11. The molecule has 0 aromatic heterocycles. The molecule has 9 rings (SSSR count). The van der Waals surface area contributed by atoms with Crippen molar-refractivity contribution < 1.29 is 130 Å². The lowest BCUT2D eigenvalue weighted by molar-refractivity contribution is -0.398. The molecule has 12 N–H and O–H groups in total. The van der Waals surface area contributed by atoms with E-state index in [1.807, 2.05) is 19.9 Å². The molecule has 0 bridgehead atoms. The minimum Gasteiger partial charge on any atom is -0.388 e. The van der Waals surface area contributed by atoms with Gasteiger partial charge >= 0.3 is 10.4 Å². The van der Waals surface area contributed by atoms with Crippen LogP contribution in [0.4, 0.5) is 0 Å². The van der Waals surface area contributed by atoms with Gasteiger partial charge in [-0.3, -0.25) is 9.35 Å². The number of fused-ring (bicyclic) bond motifs is 5. The summed E-state index contributed by atoms with van der Waals surface area (Å²) in [5.74, 6) is -1.38. The Balaban J connectivity index is 0.988. The third kappa shape index (κ3) is 13.2. The average molecular weight is 1240 g/mol. The van der Waals surface area contributed by atoms with Crippen LogP contribution in [0, 0.1) is 34.5 Å². The van der Waals surface area contributed by atoms with Crippen LogP contribution < -0.4 is 0 Å². The van der Waals surface area contributed by atoms with Crippen LogP contribution in [0.5, 0.6) is 0 Å². The van der Waals surface area contributed by atoms with E-state index in [0.29, 0.717) is 32.1 Å². The summed E-state index contributed by atoms with van der Waals surface area (Å²) in [4.78, 5) is 13.8. The molecule has 5 aliphatic heterocycles. The van der Waals surface area contributed by atoms with E-state index in [2.05, 4.69) is 19.9 Å². The zero-order valence-electron chi connectivity index (χ0n) is 49.7. The Hall–Kier alpha value is -1.86. The van der Waals surface area contributed by atoms with Crippen LogP contribution in [0.15, 0.2) is 23.3 Å². The van der Waals surface area contributed by atoms with Crippen molar-refractivity contribution in [3.63, 3.8) is 0 Å². The van der Waals surface area contributed by atoms with Gasteiger partial charge in [0.05, 0.1) is 43.2 Å². The largest absolute Gasteiger partial charge is 0.397 e. The van der Waals surface area contributed by atoms with Crippen LogP contribution in [0.3, 0.4) is 0 Å². The van der Waals surface area contributed by atoms with Crippen LogP contribution in [-0.2, 0) is 71.5 Å². The van der Waals surface area contributed by atoms with Crippen molar-refractivity contribution in [1.29, 1.82) is 0 Å². The zero-order chi connectivity index (χ0) is 62.3. The average Bonchev–Trinajstić information content (AvgIpc) is 1.70. The Labute approximate surface area is 495 Å². The smallest absolute Gasteiger partial charge is 0.388 e. The van der Waals surface area contributed by atoms with E-state index in [1.165, 1.54) is 34.8 Å². The van der Waals surface area contributed by atoms with Gasteiger partial charge in [0.25, 0.3) is 0 Å². The second kappa shape index (κ2) is 26.0. The number of allylic oxidation sites excluding steroid dienone is 4. The first-order chi connectivity index (χ1) is 39.7. The van der Waals surface area contributed by atoms with Crippen LogP contribution in [0.1, 0.15) is 114 Å². The van der Waals surface area contributed by atoms with Gasteiger partial charge in [-0.25, -0.2) is 4.18 Å². The Bertz CT molecular complexity index is 2480. The van der Waals surface area contributed by atoms with Crippen molar-refractivity contribution in [2.75, 3.05) is 13.7 Å². The number of carbonyl (C=O) groups is 1. The van der Waals surface area contributed by atoms with E-state index in [0.717, 1.165) is 11.1 Å². The molecule has 27 nitrogen and oxygen atoms in total. The summed E-state index contributed by atoms with van der Waals surface area (Å²) in [6, 6.07) is 0. The molecule has 0 radical (unpaired) electrons. The molecule has 488 valence electrons. The summed E-state index contributed by atoms with van der Waals surface area (Å²) in [5, 5.41) is 125. The van der Waals surface area contributed by atoms with E-state index >= 15 is 0 Å². The molecule has 85 heavy (non-hydrogen) atoms. The van der Waals surface area contributed by atoms with Crippen molar-refractivity contribution in [2.45, 2.75) is 279 Å². The molecular weight excluding hydrogens is 1150 g/mol. The normalized spacial score (nSPS) is 51.1. The molecule has 0 aromatic carbocycles. The molecule has 0 amide bonds. The molecule has 5 saturated heterocycles. The fraction of sp³-hybridized carbons (Fsp3) is 0.912. The lowest BCUT2D eigenvalue weighted by Gasteiger charge is -2.60. The van der Waals surface area contributed by atoms with Gasteiger partial charge in [0.2, 0.25) is 0 Å². The summed E-state index contributed by atoms with van der Waals surface area (Å²) in [5.41, 5.74) is -0.724. The molecule has 8 fully saturated rings. The number of carbonyl (C=O) groups excluding carboxylic acids is 1. The van der Waals surface area contributed by atoms with E-state index in [1.54, 1.807) is 6.92 Å². The van der Waals surface area contributed by atoms with Crippen molar-refractivity contribution >= 4 is 16.2 Å². The third-order valence-electron chi connectivity index (χ3n) is 20.5. The lowest BCUT2D eigenvalue weighted by Crippen LogP contribution is -2.67. The van der Waals surface area contributed by atoms with Gasteiger partial charge in [-0.05, 0) is 122 Å². The van der Waals surface area contributed by atoms with Gasteiger partial charge in [0.1, 0.15) is 97.2 Å². The first kappa shape index (κ1) is 67.5. The lowest BCUT2D eigenvalue weighted by atomic mass is 9.47. The van der Waals surface area contributed by atoms with Crippen molar-refractivity contribution in [1.82, 2.24) is 0 Å². The molecule has 28 heteroatoms. The maximum absolute atomic E-state index is 13.8. The summed E-state index contributed by atoms with van der Waals surface area (Å²) >= 11 is 0. The Morgan fingerprint density at radius 3 is 1.78 bits per heavy atom. The summed E-state index contributed by atoms with van der Waals surface area (Å²) in [6.45, 7) is 14.8. The third-order valence-corrected chi connectivity index (χ3v) is 21.0. The zero-order valence-corrected chi connectivity index (χ0v) is 50.6. The highest BCUT2D eigenvalue weighted by molar-refractivity contribution is 7.80. The standard InChI is InChI=1S/C57H92O27S/c1-22(2)11-14-35(58)57(9,69)34-13-12-29-28-20-32(31-19-27(84-85(70,71)72)15-17-55(31,7)30(28)16-18-56(29,34)8)79-51-45(68)47(39(62)26(6)76-51)81-53-48(82-52-44(67)46(73-10)38(61)25(5)77-52)40(63)33(21-74-53)80-54-49(42(65)37(60)24(4)78-54)83-50-43(66)41(64)36(59)23(3)75-50/h11,16,23-29,31-34,36-54,59-69H,12-15,17-21H2,1-10H3,(H,70,71,72)/t23?,24?,25?,26?,27?,28?,29?,31?,32?,33-,34+,36+,37-,38-,39-,40?,41?,42+,43+,44?,45?,46+,47?,48?,49?,50+,51?,52+,53?,54+,55-,56+,57-/m1/s1. The molecule has 18 unspecified atom stereocenters. The van der Waals surface area contributed by atoms with Crippen molar-refractivity contribution in [2.24, 2.45) is 34.5 Å².